The Hall–Kier alpha value is -1.82. The zero-order valence-electron chi connectivity index (χ0n) is 10.4. The highest BCUT2D eigenvalue weighted by Gasteiger charge is 2.19. The molecule has 104 valence electrons. The zero-order valence-corrected chi connectivity index (χ0v) is 11.1. The summed E-state index contributed by atoms with van der Waals surface area (Å²) in [6.07, 6.45) is 1.21. The fourth-order valence-corrected chi connectivity index (χ4v) is 1.78. The minimum absolute atomic E-state index is 0.00788. The maximum Gasteiger partial charge on any atom is 0.253 e. The molecule has 19 heavy (non-hydrogen) atoms. The number of benzene rings is 1. The smallest absolute Gasteiger partial charge is 0.253 e. The van der Waals surface area contributed by atoms with Gasteiger partial charge in [-0.2, -0.15) is 0 Å². The third kappa shape index (κ3) is 3.82. The third-order valence-electron chi connectivity index (χ3n) is 2.55. The minimum Gasteiger partial charge on any atom is -0.409 e. The molecule has 1 aromatic carbocycles. The summed E-state index contributed by atoms with van der Waals surface area (Å²) in [6.45, 7) is 1.89. The maximum atomic E-state index is 13.2. The van der Waals surface area contributed by atoms with Crippen LogP contribution in [0.25, 0.3) is 0 Å². The summed E-state index contributed by atoms with van der Waals surface area (Å²) in [4.78, 5) is 12.0. The molecule has 0 aliphatic rings. The Balaban J connectivity index is 2.91. The number of oxime groups is 1. The summed E-state index contributed by atoms with van der Waals surface area (Å²) in [5.41, 5.74) is 5.48. The molecule has 0 aliphatic heterocycles. The summed E-state index contributed by atoms with van der Waals surface area (Å²) >= 11 is 5.72. The molecule has 1 unspecified atom stereocenters. The van der Waals surface area contributed by atoms with Crippen molar-refractivity contribution in [2.75, 3.05) is 0 Å². The van der Waals surface area contributed by atoms with Crippen LogP contribution < -0.4 is 11.1 Å². The number of halogens is 2. The van der Waals surface area contributed by atoms with Crippen LogP contribution in [0.15, 0.2) is 23.4 Å². The summed E-state index contributed by atoms with van der Waals surface area (Å²) in [6, 6.07) is 3.32. The quantitative estimate of drug-likeness (QED) is 0.335. The molecule has 0 bridgehead atoms. The highest BCUT2D eigenvalue weighted by atomic mass is 35.5. The van der Waals surface area contributed by atoms with Crippen molar-refractivity contribution < 1.29 is 14.4 Å². The normalized spacial score (nSPS) is 13.1. The standard InChI is InChI=1S/C12H15ClFN3O2/c1-2-4-9(11(15)17-19)16-12(18)7-5-3-6-8(14)10(7)13/h3,5-6,9,19H,2,4H2,1H3,(H2,15,17)(H,16,18). The molecule has 0 heterocycles. The van der Waals surface area contributed by atoms with Gasteiger partial charge in [-0.05, 0) is 18.6 Å². The molecule has 1 aromatic rings. The number of nitrogens with one attached hydrogen (secondary N) is 1. The summed E-state index contributed by atoms with van der Waals surface area (Å²) in [5, 5.41) is 13.8. The van der Waals surface area contributed by atoms with E-state index in [-0.39, 0.29) is 16.4 Å². The van der Waals surface area contributed by atoms with Crippen LogP contribution >= 0.6 is 11.6 Å². The molecule has 7 heteroatoms. The zero-order chi connectivity index (χ0) is 14.4. The van der Waals surface area contributed by atoms with Gasteiger partial charge < -0.3 is 16.3 Å². The fraction of sp³-hybridized carbons (Fsp3) is 0.333. The Bertz CT molecular complexity index is 494. The van der Waals surface area contributed by atoms with Crippen LogP contribution in [0.2, 0.25) is 5.02 Å². The van der Waals surface area contributed by atoms with Crippen molar-refractivity contribution in [1.82, 2.24) is 5.32 Å². The monoisotopic (exact) mass is 287 g/mol. The van der Waals surface area contributed by atoms with E-state index in [9.17, 15) is 9.18 Å². The lowest BCUT2D eigenvalue weighted by molar-refractivity contribution is 0.0944. The van der Waals surface area contributed by atoms with E-state index in [1.807, 2.05) is 6.92 Å². The van der Waals surface area contributed by atoms with Crippen molar-refractivity contribution in [2.45, 2.75) is 25.8 Å². The molecule has 0 saturated carbocycles. The van der Waals surface area contributed by atoms with E-state index < -0.39 is 17.8 Å². The molecule has 0 fully saturated rings. The molecule has 0 aromatic heterocycles. The van der Waals surface area contributed by atoms with Crippen LogP contribution in [0.4, 0.5) is 4.39 Å². The van der Waals surface area contributed by atoms with Gasteiger partial charge in [-0.15, -0.1) is 0 Å². The van der Waals surface area contributed by atoms with Crippen LogP contribution in [0, 0.1) is 5.82 Å². The molecular weight excluding hydrogens is 273 g/mol. The maximum absolute atomic E-state index is 13.2. The lowest BCUT2D eigenvalue weighted by atomic mass is 10.1. The van der Waals surface area contributed by atoms with Crippen molar-refractivity contribution in [3.8, 4) is 0 Å². The SMILES string of the molecule is CCCC(NC(=O)c1cccc(F)c1Cl)/C(N)=N/O. The van der Waals surface area contributed by atoms with Gasteiger partial charge in [0.25, 0.3) is 5.91 Å². The van der Waals surface area contributed by atoms with Gasteiger partial charge in [0.15, 0.2) is 5.84 Å². The summed E-state index contributed by atoms with van der Waals surface area (Å²) < 4.78 is 13.2. The van der Waals surface area contributed by atoms with Crippen LogP contribution in [0.3, 0.4) is 0 Å². The molecule has 1 rings (SSSR count). The Morgan fingerprint density at radius 3 is 2.89 bits per heavy atom. The minimum atomic E-state index is -0.676. The Kier molecular flexibility index (Phi) is 5.57. The van der Waals surface area contributed by atoms with E-state index >= 15 is 0 Å². The highest BCUT2D eigenvalue weighted by molar-refractivity contribution is 6.34. The second-order valence-electron chi connectivity index (χ2n) is 3.94. The van der Waals surface area contributed by atoms with Gasteiger partial charge in [-0.3, -0.25) is 4.79 Å². The van der Waals surface area contributed by atoms with Crippen molar-refractivity contribution in [2.24, 2.45) is 10.9 Å². The molecule has 1 atom stereocenters. The number of hydrogen-bond donors (Lipinski definition) is 3. The number of nitrogens with two attached hydrogens (primary N) is 1. The van der Waals surface area contributed by atoms with Crippen molar-refractivity contribution in [3.05, 3.63) is 34.6 Å². The first-order valence-corrected chi connectivity index (χ1v) is 6.11. The van der Waals surface area contributed by atoms with Gasteiger partial charge >= 0.3 is 0 Å². The van der Waals surface area contributed by atoms with Crippen LogP contribution in [0.1, 0.15) is 30.1 Å². The molecule has 0 spiro atoms. The summed E-state index contributed by atoms with van der Waals surface area (Å²) in [5.74, 6) is -1.36. The molecule has 0 aliphatic carbocycles. The van der Waals surface area contributed by atoms with Crippen molar-refractivity contribution in [1.29, 1.82) is 0 Å². The second-order valence-corrected chi connectivity index (χ2v) is 4.32. The number of carbonyl (C=O) groups excluding carboxylic acids is 1. The van der Waals surface area contributed by atoms with E-state index in [1.165, 1.54) is 12.1 Å². The molecule has 4 N–H and O–H groups in total. The molecule has 0 saturated heterocycles. The first-order valence-electron chi connectivity index (χ1n) is 5.73. The van der Waals surface area contributed by atoms with Crippen LogP contribution in [0.5, 0.6) is 0 Å². The van der Waals surface area contributed by atoms with E-state index in [2.05, 4.69) is 10.5 Å². The van der Waals surface area contributed by atoms with Crippen LogP contribution in [-0.2, 0) is 0 Å². The van der Waals surface area contributed by atoms with Gasteiger partial charge in [0.2, 0.25) is 0 Å². The van der Waals surface area contributed by atoms with Crippen molar-refractivity contribution in [3.63, 3.8) is 0 Å². The largest absolute Gasteiger partial charge is 0.409 e. The van der Waals surface area contributed by atoms with E-state index in [0.29, 0.717) is 6.42 Å². The lowest BCUT2D eigenvalue weighted by Gasteiger charge is -2.17. The second kappa shape index (κ2) is 6.94. The first-order chi connectivity index (χ1) is 9.01. The number of nitrogens with zero attached hydrogens (tertiary/aromatic N) is 1. The van der Waals surface area contributed by atoms with Gasteiger partial charge in [-0.1, -0.05) is 36.2 Å². The predicted molar refractivity (Wildman–Crippen MR) is 71.0 cm³/mol. The van der Waals surface area contributed by atoms with E-state index in [1.54, 1.807) is 0 Å². The molecule has 1 amide bonds. The predicted octanol–water partition coefficient (Wildman–Crippen LogP) is 2.12. The van der Waals surface area contributed by atoms with Crippen LogP contribution in [-0.4, -0.2) is 23.0 Å². The van der Waals surface area contributed by atoms with Gasteiger partial charge in [-0.25, -0.2) is 4.39 Å². The lowest BCUT2D eigenvalue weighted by Crippen LogP contribution is -2.44. The number of hydrogen-bond acceptors (Lipinski definition) is 3. The number of rotatable bonds is 5. The first kappa shape index (κ1) is 15.2. The van der Waals surface area contributed by atoms with Gasteiger partial charge in [0, 0.05) is 0 Å². The van der Waals surface area contributed by atoms with Crippen molar-refractivity contribution >= 4 is 23.3 Å². The number of amides is 1. The molecule has 0 radical (unpaired) electrons. The van der Waals surface area contributed by atoms with Gasteiger partial charge in [0.1, 0.15) is 5.82 Å². The fourth-order valence-electron chi connectivity index (χ4n) is 1.57. The topological polar surface area (TPSA) is 87.7 Å². The number of amidine groups is 1. The summed E-state index contributed by atoms with van der Waals surface area (Å²) in [7, 11) is 0. The highest BCUT2D eigenvalue weighted by Crippen LogP contribution is 2.19. The Morgan fingerprint density at radius 2 is 2.32 bits per heavy atom. The molecular formula is C12H15ClFN3O2. The molecule has 5 nitrogen and oxygen atoms in total. The Labute approximate surface area is 115 Å². The Morgan fingerprint density at radius 1 is 1.63 bits per heavy atom. The number of carbonyl (C=O) groups is 1. The average Bonchev–Trinajstić information content (AvgIpc) is 2.40. The average molecular weight is 288 g/mol. The third-order valence-corrected chi connectivity index (χ3v) is 2.94. The van der Waals surface area contributed by atoms with Gasteiger partial charge in [0.05, 0.1) is 16.6 Å². The van der Waals surface area contributed by atoms with E-state index in [0.717, 1.165) is 12.5 Å². The van der Waals surface area contributed by atoms with E-state index in [4.69, 9.17) is 22.5 Å².